The van der Waals surface area contributed by atoms with E-state index >= 15 is 0 Å². The number of nitrogens with zero attached hydrogens (tertiary/aromatic N) is 1. The van der Waals surface area contributed by atoms with E-state index in [2.05, 4.69) is 10.3 Å². The molecule has 0 bridgehead atoms. The quantitative estimate of drug-likeness (QED) is 0.863. The van der Waals surface area contributed by atoms with Crippen molar-refractivity contribution in [2.45, 2.75) is 58.7 Å². The molecule has 1 fully saturated rings. The van der Waals surface area contributed by atoms with Crippen LogP contribution >= 0.6 is 0 Å². The molecule has 0 radical (unpaired) electrons. The Morgan fingerprint density at radius 2 is 1.90 bits per heavy atom. The molecular formula is C15H23BN2O3. The number of carbonyl (C=O) groups is 1. The fraction of sp³-hybridized carbons (Fsp3) is 0.600. The lowest BCUT2D eigenvalue weighted by Crippen LogP contribution is -2.41. The maximum atomic E-state index is 11.7. The number of hydrogen-bond donors (Lipinski definition) is 1. The van der Waals surface area contributed by atoms with Crippen LogP contribution in [0.15, 0.2) is 18.3 Å². The smallest absolute Gasteiger partial charge is 0.398 e. The van der Waals surface area contributed by atoms with Gasteiger partial charge in [0.1, 0.15) is 0 Å². The van der Waals surface area contributed by atoms with Crippen molar-refractivity contribution in [2.24, 2.45) is 0 Å². The zero-order chi connectivity index (χ0) is 15.7. The Labute approximate surface area is 126 Å². The van der Waals surface area contributed by atoms with E-state index in [0.29, 0.717) is 17.7 Å². The first-order chi connectivity index (χ1) is 9.75. The van der Waals surface area contributed by atoms with Crippen molar-refractivity contribution < 1.29 is 14.1 Å². The molecule has 5 nitrogen and oxygen atoms in total. The fourth-order valence-corrected chi connectivity index (χ4v) is 2.07. The van der Waals surface area contributed by atoms with Crippen LogP contribution in [0.25, 0.3) is 0 Å². The zero-order valence-electron chi connectivity index (χ0n) is 13.4. The third-order valence-electron chi connectivity index (χ3n) is 4.04. The molecule has 1 amide bonds. The normalized spacial score (nSPS) is 19.6. The van der Waals surface area contributed by atoms with Crippen LogP contribution in [0.4, 0.5) is 5.69 Å². The largest absolute Gasteiger partial charge is 0.514 e. The minimum Gasteiger partial charge on any atom is -0.398 e. The minimum atomic E-state index is -0.516. The molecule has 0 unspecified atom stereocenters. The first-order valence-corrected chi connectivity index (χ1v) is 7.36. The van der Waals surface area contributed by atoms with Gasteiger partial charge >= 0.3 is 7.12 Å². The minimum absolute atomic E-state index is 0.00330. The summed E-state index contributed by atoms with van der Waals surface area (Å²) >= 11 is 0. The highest BCUT2D eigenvalue weighted by Crippen LogP contribution is 2.36. The van der Waals surface area contributed by atoms with Crippen LogP contribution in [0.5, 0.6) is 0 Å². The van der Waals surface area contributed by atoms with Gasteiger partial charge in [0.2, 0.25) is 5.91 Å². The highest BCUT2D eigenvalue weighted by molar-refractivity contribution is 6.61. The van der Waals surface area contributed by atoms with E-state index < -0.39 is 18.3 Å². The Kier molecular flexibility index (Phi) is 4.39. The predicted octanol–water partition coefficient (Wildman–Crippen LogP) is 2.12. The van der Waals surface area contributed by atoms with E-state index in [1.54, 1.807) is 18.3 Å². The molecule has 2 heterocycles. The van der Waals surface area contributed by atoms with Crippen LogP contribution in [0.1, 0.15) is 47.5 Å². The Morgan fingerprint density at radius 3 is 2.48 bits per heavy atom. The van der Waals surface area contributed by atoms with Crippen LogP contribution in [0, 0.1) is 0 Å². The van der Waals surface area contributed by atoms with Crippen LogP contribution in [-0.2, 0) is 14.1 Å². The third kappa shape index (κ3) is 3.44. The lowest BCUT2D eigenvalue weighted by Gasteiger charge is -2.32. The molecule has 1 saturated heterocycles. The second kappa shape index (κ2) is 5.77. The first kappa shape index (κ1) is 16.0. The Balaban J connectivity index is 2.14. The number of carbonyl (C=O) groups excluding carboxylic acids is 1. The van der Waals surface area contributed by atoms with Crippen molar-refractivity contribution in [1.29, 1.82) is 0 Å². The molecule has 1 aliphatic heterocycles. The van der Waals surface area contributed by atoms with Crippen LogP contribution in [-0.4, -0.2) is 29.2 Å². The molecule has 0 aliphatic carbocycles. The molecule has 0 atom stereocenters. The zero-order valence-corrected chi connectivity index (χ0v) is 13.4. The van der Waals surface area contributed by atoms with Crippen molar-refractivity contribution in [3.8, 4) is 0 Å². The molecular weight excluding hydrogens is 267 g/mol. The van der Waals surface area contributed by atoms with Crippen molar-refractivity contribution in [3.63, 3.8) is 0 Å². The summed E-state index contributed by atoms with van der Waals surface area (Å²) in [6.45, 7) is 9.97. The Hall–Kier alpha value is -1.40. The van der Waals surface area contributed by atoms with E-state index in [1.807, 2.05) is 34.6 Å². The van der Waals surface area contributed by atoms with Gasteiger partial charge in [0.05, 0.1) is 16.8 Å². The highest BCUT2D eigenvalue weighted by atomic mass is 16.7. The van der Waals surface area contributed by atoms with Gasteiger partial charge in [-0.2, -0.15) is 0 Å². The monoisotopic (exact) mass is 290 g/mol. The molecule has 1 aromatic rings. The van der Waals surface area contributed by atoms with Crippen LogP contribution in [0.3, 0.4) is 0 Å². The predicted molar refractivity (Wildman–Crippen MR) is 83.5 cm³/mol. The second-order valence-electron chi connectivity index (χ2n) is 6.36. The third-order valence-corrected chi connectivity index (χ3v) is 4.04. The van der Waals surface area contributed by atoms with Gasteiger partial charge in [-0.3, -0.25) is 9.78 Å². The summed E-state index contributed by atoms with van der Waals surface area (Å²) in [6.07, 6.45) is 2.98. The van der Waals surface area contributed by atoms with Crippen molar-refractivity contribution in [3.05, 3.63) is 18.3 Å². The average molecular weight is 290 g/mol. The van der Waals surface area contributed by atoms with E-state index in [9.17, 15) is 4.79 Å². The Bertz CT molecular complexity index is 515. The number of rotatable bonds is 4. The Morgan fingerprint density at radius 1 is 1.29 bits per heavy atom. The van der Waals surface area contributed by atoms with Crippen LogP contribution in [0.2, 0.25) is 0 Å². The van der Waals surface area contributed by atoms with Gasteiger partial charge in [-0.05, 0) is 46.2 Å². The van der Waals surface area contributed by atoms with E-state index in [4.69, 9.17) is 9.31 Å². The highest BCUT2D eigenvalue weighted by Gasteiger charge is 2.52. The van der Waals surface area contributed by atoms with Gasteiger partial charge in [0.15, 0.2) is 0 Å². The van der Waals surface area contributed by atoms with E-state index in [-0.39, 0.29) is 5.91 Å². The van der Waals surface area contributed by atoms with E-state index in [1.165, 1.54) is 0 Å². The molecule has 1 aromatic heterocycles. The number of hydrogen-bond acceptors (Lipinski definition) is 4. The number of aromatic nitrogens is 1. The first-order valence-electron chi connectivity index (χ1n) is 7.36. The molecule has 0 saturated carbocycles. The summed E-state index contributed by atoms with van der Waals surface area (Å²) in [5.74, 6) is 0.00330. The van der Waals surface area contributed by atoms with Crippen molar-refractivity contribution >= 4 is 24.3 Å². The summed E-state index contributed by atoms with van der Waals surface area (Å²) in [4.78, 5) is 16.0. The topological polar surface area (TPSA) is 60.5 Å². The fourth-order valence-electron chi connectivity index (χ4n) is 2.07. The average Bonchev–Trinajstić information content (AvgIpc) is 2.59. The molecule has 6 heteroatoms. The molecule has 0 spiro atoms. The van der Waals surface area contributed by atoms with Gasteiger partial charge in [0, 0.05) is 18.3 Å². The number of anilines is 1. The standard InChI is InChI=1S/C15H23BN2O3/c1-6-7-13(19)18-11-8-9-17-12(10-11)16-20-14(2,3)15(4,5)21-16/h8-10H,6-7H2,1-5H3,(H,17,18,19). The van der Waals surface area contributed by atoms with Gasteiger partial charge in [-0.25, -0.2) is 0 Å². The maximum absolute atomic E-state index is 11.7. The van der Waals surface area contributed by atoms with Gasteiger partial charge in [-0.1, -0.05) is 6.92 Å². The van der Waals surface area contributed by atoms with E-state index in [0.717, 1.165) is 6.42 Å². The molecule has 1 N–H and O–H groups in total. The SMILES string of the molecule is CCCC(=O)Nc1ccnc(B2OC(C)(C)C(C)(C)O2)c1. The molecule has 0 aromatic carbocycles. The van der Waals surface area contributed by atoms with Gasteiger partial charge in [-0.15, -0.1) is 0 Å². The van der Waals surface area contributed by atoms with Crippen molar-refractivity contribution in [2.75, 3.05) is 5.32 Å². The molecule has 114 valence electrons. The molecule has 2 rings (SSSR count). The van der Waals surface area contributed by atoms with Gasteiger partial charge in [0.25, 0.3) is 0 Å². The number of amides is 1. The van der Waals surface area contributed by atoms with Gasteiger partial charge < -0.3 is 14.6 Å². The lowest BCUT2D eigenvalue weighted by atomic mass is 9.84. The molecule has 21 heavy (non-hydrogen) atoms. The summed E-state index contributed by atoms with van der Waals surface area (Å²) in [5, 5.41) is 2.86. The maximum Gasteiger partial charge on any atom is 0.514 e. The van der Waals surface area contributed by atoms with Crippen LogP contribution < -0.4 is 10.9 Å². The number of nitrogens with one attached hydrogen (secondary N) is 1. The number of pyridine rings is 1. The summed E-state index contributed by atoms with van der Waals surface area (Å²) < 4.78 is 11.9. The molecule has 1 aliphatic rings. The van der Waals surface area contributed by atoms with Crippen molar-refractivity contribution in [1.82, 2.24) is 4.98 Å². The second-order valence-corrected chi connectivity index (χ2v) is 6.36. The summed E-state index contributed by atoms with van der Waals surface area (Å²) in [6, 6.07) is 3.57. The lowest BCUT2D eigenvalue weighted by molar-refractivity contribution is -0.116. The summed E-state index contributed by atoms with van der Waals surface area (Å²) in [7, 11) is -0.516. The summed E-state index contributed by atoms with van der Waals surface area (Å²) in [5.41, 5.74) is 0.581.